The average Bonchev–Trinajstić information content (AvgIpc) is 3.07. The molecule has 1 heterocycles. The van der Waals surface area contributed by atoms with Crippen molar-refractivity contribution in [3.63, 3.8) is 0 Å². The average molecular weight is 285 g/mol. The molecule has 1 aliphatic rings. The molecule has 4 N–H and O–H groups in total. The molecule has 21 heavy (non-hydrogen) atoms. The Morgan fingerprint density at radius 3 is 2.33 bits per heavy atom. The molecule has 0 aliphatic heterocycles. The summed E-state index contributed by atoms with van der Waals surface area (Å²) in [7, 11) is 0. The predicted octanol–water partition coefficient (Wildman–Crippen LogP) is 2.51. The van der Waals surface area contributed by atoms with Crippen molar-refractivity contribution in [3.8, 4) is 0 Å². The van der Waals surface area contributed by atoms with Crippen molar-refractivity contribution in [2.45, 2.75) is 12.3 Å². The van der Waals surface area contributed by atoms with Gasteiger partial charge in [-0.3, -0.25) is 4.79 Å². The highest BCUT2D eigenvalue weighted by molar-refractivity contribution is 5.95. The molecule has 1 aromatic heterocycles. The largest absolute Gasteiger partial charge is 0.469 e. The van der Waals surface area contributed by atoms with Gasteiger partial charge in [0.05, 0.1) is 6.26 Å². The molecule has 108 valence electrons. The van der Waals surface area contributed by atoms with Crippen LogP contribution in [0.4, 0.5) is 16.2 Å². The van der Waals surface area contributed by atoms with E-state index in [-0.39, 0.29) is 17.7 Å². The van der Waals surface area contributed by atoms with Crippen LogP contribution in [-0.4, -0.2) is 11.9 Å². The standard InChI is InChI=1S/C15H15N3O3/c16-15(20)18-10-5-3-9(4-6-10)17-14(19)12-8-11(12)13-2-1-7-21-13/h1-7,11-12H,8H2,(H,17,19)(H3,16,18,20). The highest BCUT2D eigenvalue weighted by atomic mass is 16.3. The first-order valence-corrected chi connectivity index (χ1v) is 6.64. The Labute approximate surface area is 121 Å². The number of carbonyl (C=O) groups is 2. The van der Waals surface area contributed by atoms with E-state index in [9.17, 15) is 9.59 Å². The predicted molar refractivity (Wildman–Crippen MR) is 77.8 cm³/mol. The lowest BCUT2D eigenvalue weighted by molar-refractivity contribution is -0.117. The number of furan rings is 1. The van der Waals surface area contributed by atoms with Crippen LogP contribution in [0.5, 0.6) is 0 Å². The van der Waals surface area contributed by atoms with E-state index in [1.807, 2.05) is 12.1 Å². The molecule has 0 bridgehead atoms. The first-order valence-electron chi connectivity index (χ1n) is 6.64. The highest BCUT2D eigenvalue weighted by Crippen LogP contribution is 2.48. The minimum atomic E-state index is -0.619. The zero-order chi connectivity index (χ0) is 14.8. The molecule has 0 saturated heterocycles. The van der Waals surface area contributed by atoms with Gasteiger partial charge in [0.1, 0.15) is 5.76 Å². The molecule has 1 saturated carbocycles. The quantitative estimate of drug-likeness (QED) is 0.805. The number of hydrogen-bond donors (Lipinski definition) is 3. The molecule has 2 unspecified atom stereocenters. The molecule has 1 fully saturated rings. The van der Waals surface area contributed by atoms with Crippen LogP contribution in [0.1, 0.15) is 18.1 Å². The molecule has 3 amide bonds. The Morgan fingerprint density at radius 1 is 1.10 bits per heavy atom. The number of benzene rings is 1. The molecular formula is C15H15N3O3. The van der Waals surface area contributed by atoms with E-state index in [1.165, 1.54) is 0 Å². The van der Waals surface area contributed by atoms with Crippen molar-refractivity contribution in [1.82, 2.24) is 0 Å². The summed E-state index contributed by atoms with van der Waals surface area (Å²) in [5.74, 6) is 0.971. The molecule has 6 nitrogen and oxygen atoms in total. The summed E-state index contributed by atoms with van der Waals surface area (Å²) in [6, 6.07) is 9.89. The maximum absolute atomic E-state index is 12.1. The molecule has 1 aromatic carbocycles. The molecule has 2 aromatic rings. The van der Waals surface area contributed by atoms with Crippen LogP contribution in [0.2, 0.25) is 0 Å². The summed E-state index contributed by atoms with van der Waals surface area (Å²) < 4.78 is 5.31. The second kappa shape index (κ2) is 5.32. The number of anilines is 2. The zero-order valence-electron chi connectivity index (χ0n) is 11.2. The summed E-state index contributed by atoms with van der Waals surface area (Å²) in [5.41, 5.74) is 6.29. The van der Waals surface area contributed by atoms with Gasteiger partial charge in [0.2, 0.25) is 5.91 Å². The maximum Gasteiger partial charge on any atom is 0.316 e. The van der Waals surface area contributed by atoms with E-state index < -0.39 is 6.03 Å². The number of urea groups is 1. The fourth-order valence-corrected chi connectivity index (χ4v) is 2.32. The molecule has 6 heteroatoms. The van der Waals surface area contributed by atoms with E-state index >= 15 is 0 Å². The van der Waals surface area contributed by atoms with Gasteiger partial charge in [-0.25, -0.2) is 4.79 Å². The van der Waals surface area contributed by atoms with Gasteiger partial charge >= 0.3 is 6.03 Å². The molecule has 0 spiro atoms. The SMILES string of the molecule is NC(=O)Nc1ccc(NC(=O)C2CC2c2ccco2)cc1. The Kier molecular flexibility index (Phi) is 3.35. The van der Waals surface area contributed by atoms with Crippen molar-refractivity contribution in [2.24, 2.45) is 11.7 Å². The fourth-order valence-electron chi connectivity index (χ4n) is 2.32. The fraction of sp³-hybridized carbons (Fsp3) is 0.200. The number of primary amides is 1. The number of carbonyl (C=O) groups excluding carboxylic acids is 2. The summed E-state index contributed by atoms with van der Waals surface area (Å²) in [5, 5.41) is 5.31. The van der Waals surface area contributed by atoms with Crippen LogP contribution in [-0.2, 0) is 4.79 Å². The van der Waals surface area contributed by atoms with Gasteiger partial charge in [-0.1, -0.05) is 0 Å². The number of nitrogens with two attached hydrogens (primary N) is 1. The van der Waals surface area contributed by atoms with Crippen LogP contribution < -0.4 is 16.4 Å². The van der Waals surface area contributed by atoms with Crippen LogP contribution in [0, 0.1) is 5.92 Å². The van der Waals surface area contributed by atoms with Crippen LogP contribution in [0.15, 0.2) is 47.1 Å². The third-order valence-electron chi connectivity index (χ3n) is 3.46. The van der Waals surface area contributed by atoms with Gasteiger partial charge in [0, 0.05) is 23.2 Å². The Morgan fingerprint density at radius 2 is 1.76 bits per heavy atom. The normalized spacial score (nSPS) is 19.8. The van der Waals surface area contributed by atoms with Crippen LogP contribution in [0.25, 0.3) is 0 Å². The van der Waals surface area contributed by atoms with Crippen molar-refractivity contribution in [3.05, 3.63) is 48.4 Å². The van der Waals surface area contributed by atoms with E-state index in [4.69, 9.17) is 10.2 Å². The number of hydrogen-bond acceptors (Lipinski definition) is 3. The third kappa shape index (κ3) is 3.05. The van der Waals surface area contributed by atoms with Crippen LogP contribution in [0.3, 0.4) is 0 Å². The molecule has 2 atom stereocenters. The van der Waals surface area contributed by atoms with Gasteiger partial charge in [-0.2, -0.15) is 0 Å². The minimum Gasteiger partial charge on any atom is -0.469 e. The molecular weight excluding hydrogens is 270 g/mol. The van der Waals surface area contributed by atoms with Crippen molar-refractivity contribution < 1.29 is 14.0 Å². The summed E-state index contributed by atoms with van der Waals surface area (Å²) in [4.78, 5) is 22.8. The number of nitrogens with one attached hydrogen (secondary N) is 2. The van der Waals surface area contributed by atoms with Gasteiger partial charge < -0.3 is 20.8 Å². The lowest BCUT2D eigenvalue weighted by Gasteiger charge is -2.06. The first-order chi connectivity index (χ1) is 10.1. The second-order valence-corrected chi connectivity index (χ2v) is 5.02. The van der Waals surface area contributed by atoms with Crippen molar-refractivity contribution in [2.75, 3.05) is 10.6 Å². The molecule has 0 radical (unpaired) electrons. The zero-order valence-corrected chi connectivity index (χ0v) is 11.2. The van der Waals surface area contributed by atoms with E-state index in [0.29, 0.717) is 11.4 Å². The van der Waals surface area contributed by atoms with Gasteiger partial charge in [0.15, 0.2) is 0 Å². The summed E-state index contributed by atoms with van der Waals surface area (Å²) >= 11 is 0. The molecule has 3 rings (SSSR count). The van der Waals surface area contributed by atoms with Gasteiger partial charge in [-0.15, -0.1) is 0 Å². The molecule has 1 aliphatic carbocycles. The van der Waals surface area contributed by atoms with Gasteiger partial charge in [-0.05, 0) is 42.8 Å². The third-order valence-corrected chi connectivity index (χ3v) is 3.46. The summed E-state index contributed by atoms with van der Waals surface area (Å²) in [6.45, 7) is 0. The van der Waals surface area contributed by atoms with E-state index in [2.05, 4.69) is 10.6 Å². The topological polar surface area (TPSA) is 97.4 Å². The van der Waals surface area contributed by atoms with Crippen LogP contribution >= 0.6 is 0 Å². The maximum atomic E-state index is 12.1. The Bertz CT molecular complexity index is 649. The van der Waals surface area contributed by atoms with Crippen molar-refractivity contribution >= 4 is 23.3 Å². The van der Waals surface area contributed by atoms with Crippen molar-refractivity contribution in [1.29, 1.82) is 0 Å². The smallest absolute Gasteiger partial charge is 0.316 e. The van der Waals surface area contributed by atoms with E-state index in [0.717, 1.165) is 12.2 Å². The monoisotopic (exact) mass is 285 g/mol. The Balaban J connectivity index is 1.57. The van der Waals surface area contributed by atoms with Gasteiger partial charge in [0.25, 0.3) is 0 Å². The lowest BCUT2D eigenvalue weighted by atomic mass is 10.2. The number of amides is 3. The highest BCUT2D eigenvalue weighted by Gasteiger charge is 2.45. The number of rotatable bonds is 4. The summed E-state index contributed by atoms with van der Waals surface area (Å²) in [6.07, 6.45) is 2.42. The Hall–Kier alpha value is -2.76. The minimum absolute atomic E-state index is 0.0213. The lowest BCUT2D eigenvalue weighted by Crippen LogP contribution is -2.19. The first kappa shape index (κ1) is 13.2. The second-order valence-electron chi connectivity index (χ2n) is 5.02. The van der Waals surface area contributed by atoms with E-state index in [1.54, 1.807) is 30.5 Å².